The van der Waals surface area contributed by atoms with Gasteiger partial charge in [0.15, 0.2) is 0 Å². The molecule has 0 unspecified atom stereocenters. The predicted octanol–water partition coefficient (Wildman–Crippen LogP) is 5.09. The monoisotopic (exact) mass is 383 g/mol. The Hall–Kier alpha value is -2.38. The van der Waals surface area contributed by atoms with Gasteiger partial charge in [-0.1, -0.05) is 41.1 Å². The van der Waals surface area contributed by atoms with E-state index in [1.54, 1.807) is 12.1 Å². The molecule has 0 amide bonds. The summed E-state index contributed by atoms with van der Waals surface area (Å²) in [7, 11) is 0. The molecule has 128 valence electrons. The summed E-state index contributed by atoms with van der Waals surface area (Å²) < 4.78 is 40.4. The molecule has 0 radical (unpaired) electrons. The average molecular weight is 384 g/mol. The molecule has 3 nitrogen and oxygen atoms in total. The zero-order valence-electron chi connectivity index (χ0n) is 12.4. The SMILES string of the molecule is O=C(C=Cc1ccccc1C(F)(F)F)n1c(=O)sc2ccc(Cl)cc21. The molecule has 0 aliphatic heterocycles. The molecular formula is C17H9ClF3NO2S. The summed E-state index contributed by atoms with van der Waals surface area (Å²) in [6, 6.07) is 9.53. The van der Waals surface area contributed by atoms with Crippen molar-refractivity contribution in [3.8, 4) is 0 Å². The van der Waals surface area contributed by atoms with E-state index in [0.717, 1.165) is 34.1 Å². The Kier molecular flexibility index (Phi) is 4.53. The van der Waals surface area contributed by atoms with E-state index in [9.17, 15) is 22.8 Å². The van der Waals surface area contributed by atoms with Gasteiger partial charge >= 0.3 is 11.0 Å². The van der Waals surface area contributed by atoms with Crippen LogP contribution in [0.1, 0.15) is 15.9 Å². The van der Waals surface area contributed by atoms with Gasteiger partial charge in [0.05, 0.1) is 15.8 Å². The number of fused-ring (bicyclic) bond motifs is 1. The fourth-order valence-electron chi connectivity index (χ4n) is 2.33. The molecule has 0 bridgehead atoms. The molecule has 0 aliphatic rings. The number of hydrogen-bond acceptors (Lipinski definition) is 3. The first kappa shape index (κ1) is 17.4. The topological polar surface area (TPSA) is 39.1 Å². The standard InChI is InChI=1S/C17H9ClF3NO2S/c18-11-6-7-14-13(9-11)22(16(24)25-14)15(23)8-5-10-3-1-2-4-12(10)17(19,20)21/h1-9H. The second-order valence-corrected chi connectivity index (χ2v) is 6.50. The van der Waals surface area contributed by atoms with Crippen LogP contribution in [0.4, 0.5) is 13.2 Å². The first-order valence-corrected chi connectivity index (χ1v) is 8.16. The lowest BCUT2D eigenvalue weighted by Crippen LogP contribution is -2.19. The summed E-state index contributed by atoms with van der Waals surface area (Å²) in [5, 5.41) is 0.346. The maximum absolute atomic E-state index is 13.0. The molecule has 0 saturated heterocycles. The van der Waals surface area contributed by atoms with Gasteiger partial charge in [-0.05, 0) is 35.9 Å². The molecule has 1 aromatic heterocycles. The van der Waals surface area contributed by atoms with Gasteiger partial charge in [0.2, 0.25) is 0 Å². The molecular weight excluding hydrogens is 375 g/mol. The van der Waals surface area contributed by atoms with Crippen molar-refractivity contribution < 1.29 is 18.0 Å². The minimum atomic E-state index is -4.54. The molecule has 1 heterocycles. The Labute approximate surface area is 148 Å². The quantitative estimate of drug-likeness (QED) is 0.578. The second-order valence-electron chi connectivity index (χ2n) is 5.07. The Morgan fingerprint density at radius 1 is 1.16 bits per heavy atom. The number of carbonyl (C=O) groups is 1. The molecule has 0 N–H and O–H groups in total. The molecule has 8 heteroatoms. The largest absolute Gasteiger partial charge is 0.416 e. The van der Waals surface area contributed by atoms with Crippen LogP contribution in [0.2, 0.25) is 5.02 Å². The summed E-state index contributed by atoms with van der Waals surface area (Å²) in [6.07, 6.45) is -2.55. The van der Waals surface area contributed by atoms with Crippen molar-refractivity contribution in [2.45, 2.75) is 6.18 Å². The van der Waals surface area contributed by atoms with Crippen molar-refractivity contribution in [3.63, 3.8) is 0 Å². The van der Waals surface area contributed by atoms with E-state index in [0.29, 0.717) is 15.2 Å². The molecule has 0 spiro atoms. The van der Waals surface area contributed by atoms with Crippen LogP contribution in [0.3, 0.4) is 0 Å². The van der Waals surface area contributed by atoms with Crippen LogP contribution in [0, 0.1) is 0 Å². The maximum Gasteiger partial charge on any atom is 0.416 e. The molecule has 2 aromatic carbocycles. The highest BCUT2D eigenvalue weighted by Gasteiger charge is 2.32. The molecule has 3 rings (SSSR count). The highest BCUT2D eigenvalue weighted by molar-refractivity contribution is 7.16. The Morgan fingerprint density at radius 3 is 2.60 bits per heavy atom. The van der Waals surface area contributed by atoms with Crippen molar-refractivity contribution in [2.24, 2.45) is 0 Å². The Morgan fingerprint density at radius 2 is 1.88 bits per heavy atom. The second kappa shape index (κ2) is 6.50. The summed E-state index contributed by atoms with van der Waals surface area (Å²) >= 11 is 6.74. The van der Waals surface area contributed by atoms with E-state index in [-0.39, 0.29) is 5.56 Å². The third kappa shape index (κ3) is 3.52. The zero-order chi connectivity index (χ0) is 18.2. The van der Waals surface area contributed by atoms with E-state index in [4.69, 9.17) is 11.6 Å². The fraction of sp³-hybridized carbons (Fsp3) is 0.0588. The van der Waals surface area contributed by atoms with E-state index in [1.807, 2.05) is 0 Å². The van der Waals surface area contributed by atoms with Crippen LogP contribution in [0.25, 0.3) is 16.3 Å². The van der Waals surface area contributed by atoms with Crippen LogP contribution >= 0.6 is 22.9 Å². The number of benzene rings is 2. The highest BCUT2D eigenvalue weighted by atomic mass is 35.5. The maximum atomic E-state index is 13.0. The van der Waals surface area contributed by atoms with Crippen LogP contribution in [0.15, 0.2) is 53.3 Å². The number of rotatable bonds is 2. The highest BCUT2D eigenvalue weighted by Crippen LogP contribution is 2.32. The van der Waals surface area contributed by atoms with E-state index >= 15 is 0 Å². The normalized spacial score (nSPS) is 12.2. The lowest BCUT2D eigenvalue weighted by atomic mass is 10.1. The van der Waals surface area contributed by atoms with Gasteiger partial charge in [-0.3, -0.25) is 9.59 Å². The Bertz CT molecular complexity index is 1050. The minimum Gasteiger partial charge on any atom is -0.269 e. The number of alkyl halides is 3. The third-order valence-electron chi connectivity index (χ3n) is 3.43. The van der Waals surface area contributed by atoms with Gasteiger partial charge in [0.25, 0.3) is 5.91 Å². The number of carbonyl (C=O) groups excluding carboxylic acids is 1. The first-order valence-electron chi connectivity index (χ1n) is 6.97. The van der Waals surface area contributed by atoms with Gasteiger partial charge in [0, 0.05) is 11.1 Å². The summed E-state index contributed by atoms with van der Waals surface area (Å²) in [5.41, 5.74) is -0.695. The number of halogens is 4. The van der Waals surface area contributed by atoms with Gasteiger partial charge in [-0.25, -0.2) is 4.57 Å². The van der Waals surface area contributed by atoms with E-state index in [1.165, 1.54) is 24.3 Å². The third-order valence-corrected chi connectivity index (χ3v) is 4.59. The van der Waals surface area contributed by atoms with Crippen molar-refractivity contribution in [2.75, 3.05) is 0 Å². The molecule has 0 aliphatic carbocycles. The van der Waals surface area contributed by atoms with Crippen molar-refractivity contribution in [3.05, 3.63) is 74.4 Å². The molecule has 0 atom stereocenters. The summed E-state index contributed by atoms with van der Waals surface area (Å²) in [5.74, 6) is -0.740. The summed E-state index contributed by atoms with van der Waals surface area (Å²) in [6.45, 7) is 0. The lowest BCUT2D eigenvalue weighted by Gasteiger charge is -2.09. The zero-order valence-corrected chi connectivity index (χ0v) is 14.0. The smallest absolute Gasteiger partial charge is 0.269 e. The van der Waals surface area contributed by atoms with Crippen molar-refractivity contribution in [1.82, 2.24) is 4.57 Å². The molecule has 0 fully saturated rings. The van der Waals surface area contributed by atoms with Crippen LogP contribution in [-0.4, -0.2) is 10.5 Å². The number of aromatic nitrogens is 1. The van der Waals surface area contributed by atoms with Gasteiger partial charge in [-0.15, -0.1) is 0 Å². The number of allylic oxidation sites excluding steroid dienone is 1. The van der Waals surface area contributed by atoms with Gasteiger partial charge < -0.3 is 0 Å². The van der Waals surface area contributed by atoms with Crippen molar-refractivity contribution >= 4 is 45.1 Å². The van der Waals surface area contributed by atoms with Gasteiger partial charge in [-0.2, -0.15) is 13.2 Å². The first-order chi connectivity index (χ1) is 11.8. The Balaban J connectivity index is 2.02. The summed E-state index contributed by atoms with van der Waals surface area (Å²) in [4.78, 5) is 23.8. The van der Waals surface area contributed by atoms with E-state index in [2.05, 4.69) is 0 Å². The number of hydrogen-bond donors (Lipinski definition) is 0. The van der Waals surface area contributed by atoms with Crippen LogP contribution < -0.4 is 4.87 Å². The van der Waals surface area contributed by atoms with Gasteiger partial charge in [0.1, 0.15) is 0 Å². The minimum absolute atomic E-state index is 0.158. The van der Waals surface area contributed by atoms with E-state index < -0.39 is 22.5 Å². The lowest BCUT2D eigenvalue weighted by molar-refractivity contribution is -0.137. The molecule has 25 heavy (non-hydrogen) atoms. The average Bonchev–Trinajstić information content (AvgIpc) is 2.87. The molecule has 0 saturated carbocycles. The predicted molar refractivity (Wildman–Crippen MR) is 92.2 cm³/mol. The molecule has 3 aromatic rings. The van der Waals surface area contributed by atoms with Crippen LogP contribution in [-0.2, 0) is 6.18 Å². The number of nitrogens with zero attached hydrogens (tertiary/aromatic N) is 1. The fourth-order valence-corrected chi connectivity index (χ4v) is 3.36. The van der Waals surface area contributed by atoms with Crippen molar-refractivity contribution in [1.29, 1.82) is 0 Å². The number of thiazole rings is 1. The van der Waals surface area contributed by atoms with Crippen LogP contribution in [0.5, 0.6) is 0 Å².